The van der Waals surface area contributed by atoms with Crippen LogP contribution < -0.4 is 5.32 Å². The van der Waals surface area contributed by atoms with Crippen molar-refractivity contribution in [2.75, 3.05) is 19.6 Å². The second kappa shape index (κ2) is 5.60. The van der Waals surface area contributed by atoms with Gasteiger partial charge in [-0.05, 0) is 64.0 Å². The number of hydrogen-bond donors (Lipinski definition) is 1. The Morgan fingerprint density at radius 1 is 1.27 bits per heavy atom. The van der Waals surface area contributed by atoms with Crippen molar-refractivity contribution in [1.82, 2.24) is 15.2 Å². The highest BCUT2D eigenvalue weighted by molar-refractivity contribution is 7.11. The van der Waals surface area contributed by atoms with Gasteiger partial charge in [-0.15, -0.1) is 11.3 Å². The molecule has 4 rings (SSSR count). The molecule has 22 heavy (non-hydrogen) atoms. The number of aryl methyl sites for hydroxylation is 2. The zero-order chi connectivity index (χ0) is 15.2. The molecule has 0 bridgehead atoms. The summed E-state index contributed by atoms with van der Waals surface area (Å²) in [6, 6.07) is 0.244. The van der Waals surface area contributed by atoms with Crippen molar-refractivity contribution in [3.8, 4) is 0 Å². The lowest BCUT2D eigenvalue weighted by atomic mass is 9.72. The number of carbonyl (C=O) groups is 1. The van der Waals surface area contributed by atoms with Crippen molar-refractivity contribution in [2.45, 2.75) is 57.9 Å². The van der Waals surface area contributed by atoms with Gasteiger partial charge < -0.3 is 10.2 Å². The minimum Gasteiger partial charge on any atom is -0.333 e. The maximum Gasteiger partial charge on any atom is 0.223 e. The van der Waals surface area contributed by atoms with Crippen molar-refractivity contribution in [3.05, 3.63) is 15.6 Å². The quantitative estimate of drug-likeness (QED) is 0.866. The molecular formula is C17H25N3OS. The van der Waals surface area contributed by atoms with Crippen LogP contribution in [-0.4, -0.2) is 35.4 Å². The SMILES string of the molecule is Cc1nc2c(s1)CCC[C@@H]2N1CC2(CCNCC2)CCC1=O. The zero-order valence-electron chi connectivity index (χ0n) is 13.4. The fourth-order valence-electron chi connectivity index (χ4n) is 4.51. The molecule has 2 saturated heterocycles. The zero-order valence-corrected chi connectivity index (χ0v) is 14.2. The Hall–Kier alpha value is -0.940. The van der Waals surface area contributed by atoms with Crippen LogP contribution in [0.25, 0.3) is 0 Å². The van der Waals surface area contributed by atoms with E-state index in [0.29, 0.717) is 11.3 Å². The molecule has 1 aromatic rings. The normalized spacial score (nSPS) is 28.0. The fourth-order valence-corrected chi connectivity index (χ4v) is 5.55. The highest BCUT2D eigenvalue weighted by Gasteiger charge is 2.43. The summed E-state index contributed by atoms with van der Waals surface area (Å²) in [6.07, 6.45) is 7.68. The van der Waals surface area contributed by atoms with Crippen LogP contribution in [0.4, 0.5) is 0 Å². The number of aromatic nitrogens is 1. The molecular weight excluding hydrogens is 294 g/mol. The summed E-state index contributed by atoms with van der Waals surface area (Å²) in [6.45, 7) is 5.25. The van der Waals surface area contributed by atoms with Crippen LogP contribution in [0.5, 0.6) is 0 Å². The van der Waals surface area contributed by atoms with Crippen molar-refractivity contribution in [2.24, 2.45) is 5.41 Å². The van der Waals surface area contributed by atoms with E-state index in [9.17, 15) is 4.79 Å². The minimum absolute atomic E-state index is 0.244. The van der Waals surface area contributed by atoms with Gasteiger partial charge in [-0.25, -0.2) is 4.98 Å². The molecule has 1 N–H and O–H groups in total. The number of likely N-dealkylation sites (tertiary alicyclic amines) is 1. The molecule has 0 radical (unpaired) electrons. The number of nitrogens with zero attached hydrogens (tertiary/aromatic N) is 2. The average molecular weight is 319 g/mol. The van der Waals surface area contributed by atoms with Gasteiger partial charge in [0.15, 0.2) is 0 Å². The average Bonchev–Trinajstić information content (AvgIpc) is 2.91. The van der Waals surface area contributed by atoms with Gasteiger partial charge >= 0.3 is 0 Å². The standard InChI is InChI=1S/C17H25N3OS/c1-12-19-16-13(3-2-4-14(16)22-12)20-11-17(6-5-15(20)21)7-9-18-10-8-17/h13,18H,2-11H2,1H3/t13-/m0/s1. The number of fused-ring (bicyclic) bond motifs is 1. The van der Waals surface area contributed by atoms with E-state index in [2.05, 4.69) is 17.1 Å². The van der Waals surface area contributed by atoms with Crippen molar-refractivity contribution in [1.29, 1.82) is 0 Å². The molecule has 1 atom stereocenters. The minimum atomic E-state index is 0.244. The number of thiazole rings is 1. The molecule has 3 heterocycles. The summed E-state index contributed by atoms with van der Waals surface area (Å²) in [7, 11) is 0. The molecule has 1 aliphatic carbocycles. The topological polar surface area (TPSA) is 45.2 Å². The fraction of sp³-hybridized carbons (Fsp3) is 0.765. The van der Waals surface area contributed by atoms with E-state index < -0.39 is 0 Å². The van der Waals surface area contributed by atoms with E-state index in [0.717, 1.165) is 50.3 Å². The highest BCUT2D eigenvalue weighted by atomic mass is 32.1. The van der Waals surface area contributed by atoms with Gasteiger partial charge in [-0.2, -0.15) is 0 Å². The van der Waals surface area contributed by atoms with Gasteiger partial charge in [0.05, 0.1) is 16.7 Å². The number of hydrogen-bond acceptors (Lipinski definition) is 4. The van der Waals surface area contributed by atoms with E-state index >= 15 is 0 Å². The van der Waals surface area contributed by atoms with Crippen LogP contribution in [-0.2, 0) is 11.2 Å². The van der Waals surface area contributed by atoms with Crippen molar-refractivity contribution in [3.63, 3.8) is 0 Å². The first-order chi connectivity index (χ1) is 10.7. The number of nitrogens with one attached hydrogen (secondary N) is 1. The van der Waals surface area contributed by atoms with E-state index in [1.807, 2.05) is 11.3 Å². The Morgan fingerprint density at radius 2 is 2.09 bits per heavy atom. The predicted molar refractivity (Wildman–Crippen MR) is 88.0 cm³/mol. The largest absolute Gasteiger partial charge is 0.333 e. The summed E-state index contributed by atoms with van der Waals surface area (Å²) in [5, 5.41) is 4.62. The molecule has 1 amide bonds. The molecule has 1 spiro atoms. The Balaban J connectivity index is 1.62. The lowest BCUT2D eigenvalue weighted by Gasteiger charge is -2.48. The summed E-state index contributed by atoms with van der Waals surface area (Å²) in [5.41, 5.74) is 1.58. The maximum absolute atomic E-state index is 12.6. The Labute approximate surface area is 136 Å². The maximum atomic E-state index is 12.6. The van der Waals surface area contributed by atoms with Gasteiger partial charge in [-0.1, -0.05) is 0 Å². The van der Waals surface area contributed by atoms with Gasteiger partial charge in [0.25, 0.3) is 0 Å². The first kappa shape index (κ1) is 14.6. The van der Waals surface area contributed by atoms with E-state index in [1.165, 1.54) is 29.8 Å². The van der Waals surface area contributed by atoms with Crippen molar-refractivity contribution >= 4 is 17.2 Å². The lowest BCUT2D eigenvalue weighted by molar-refractivity contribution is -0.142. The number of amides is 1. The van der Waals surface area contributed by atoms with Gasteiger partial charge in [0.1, 0.15) is 0 Å². The summed E-state index contributed by atoms with van der Waals surface area (Å²) >= 11 is 1.83. The van der Waals surface area contributed by atoms with E-state index in [1.54, 1.807) is 0 Å². The second-order valence-electron chi connectivity index (χ2n) is 7.22. The summed E-state index contributed by atoms with van der Waals surface area (Å²) in [4.78, 5) is 21.0. The van der Waals surface area contributed by atoms with Gasteiger partial charge in [0, 0.05) is 17.8 Å². The van der Waals surface area contributed by atoms with E-state index in [4.69, 9.17) is 4.98 Å². The Morgan fingerprint density at radius 3 is 2.91 bits per heavy atom. The molecule has 0 saturated carbocycles. The van der Waals surface area contributed by atoms with Crippen LogP contribution >= 0.6 is 11.3 Å². The summed E-state index contributed by atoms with van der Waals surface area (Å²) < 4.78 is 0. The van der Waals surface area contributed by atoms with Crippen molar-refractivity contribution < 1.29 is 4.79 Å². The molecule has 0 aromatic carbocycles. The van der Waals surface area contributed by atoms with Crippen LogP contribution in [0.15, 0.2) is 0 Å². The van der Waals surface area contributed by atoms with E-state index in [-0.39, 0.29) is 6.04 Å². The third-order valence-electron chi connectivity index (χ3n) is 5.77. The Bertz CT molecular complexity index is 576. The third-order valence-corrected chi connectivity index (χ3v) is 6.81. The second-order valence-corrected chi connectivity index (χ2v) is 8.51. The van der Waals surface area contributed by atoms with Crippen LogP contribution in [0.2, 0.25) is 0 Å². The molecule has 0 unspecified atom stereocenters. The molecule has 1 aromatic heterocycles. The van der Waals surface area contributed by atoms with Gasteiger partial charge in [-0.3, -0.25) is 4.79 Å². The van der Waals surface area contributed by atoms with Gasteiger partial charge in [0.2, 0.25) is 5.91 Å². The molecule has 5 heteroatoms. The molecule has 3 aliphatic rings. The van der Waals surface area contributed by atoms with Crippen LogP contribution in [0.3, 0.4) is 0 Å². The summed E-state index contributed by atoms with van der Waals surface area (Å²) in [5.74, 6) is 0.354. The number of piperidine rings is 2. The molecule has 4 nitrogen and oxygen atoms in total. The Kier molecular flexibility index (Phi) is 3.73. The first-order valence-electron chi connectivity index (χ1n) is 8.63. The molecule has 2 fully saturated rings. The lowest BCUT2D eigenvalue weighted by Crippen LogP contribution is -2.52. The highest BCUT2D eigenvalue weighted by Crippen LogP contribution is 2.44. The van der Waals surface area contributed by atoms with Crippen LogP contribution in [0, 0.1) is 12.3 Å². The number of carbonyl (C=O) groups excluding carboxylic acids is 1. The predicted octanol–water partition coefficient (Wildman–Crippen LogP) is 2.82. The monoisotopic (exact) mass is 319 g/mol. The first-order valence-corrected chi connectivity index (χ1v) is 9.45. The smallest absolute Gasteiger partial charge is 0.223 e. The number of rotatable bonds is 1. The van der Waals surface area contributed by atoms with Crippen LogP contribution in [0.1, 0.15) is 60.1 Å². The molecule has 120 valence electrons. The third kappa shape index (κ3) is 2.48. The molecule has 2 aliphatic heterocycles.